The average Bonchev–Trinajstić information content (AvgIpc) is 3.44. The SMILES string of the molecule is CC(C)Oc1cc(CNC2CCN(C)CC2)ccc1Nc1ncc2c(n1)N(C1CCCC1)CC(C)(C)C(=O)N2C. The smallest absolute Gasteiger partial charge is 0.234 e. The Labute approximate surface area is 239 Å². The molecule has 9 nitrogen and oxygen atoms in total. The van der Waals surface area contributed by atoms with E-state index in [2.05, 4.69) is 50.7 Å². The number of likely N-dealkylation sites (tertiary alicyclic amines) is 1. The fourth-order valence-corrected chi connectivity index (χ4v) is 6.25. The Bertz CT molecular complexity index is 1190. The number of piperidine rings is 1. The number of fused-ring (bicyclic) bond motifs is 1. The van der Waals surface area contributed by atoms with Crippen LogP contribution in [0.4, 0.5) is 23.1 Å². The Kier molecular flexibility index (Phi) is 8.52. The number of nitrogens with zero attached hydrogens (tertiary/aromatic N) is 5. The third kappa shape index (κ3) is 6.36. The zero-order valence-corrected chi connectivity index (χ0v) is 25.2. The zero-order valence-electron chi connectivity index (χ0n) is 25.2. The lowest BCUT2D eigenvalue weighted by Crippen LogP contribution is -2.45. The summed E-state index contributed by atoms with van der Waals surface area (Å²) in [4.78, 5) is 29.5. The number of hydrogen-bond donors (Lipinski definition) is 2. The summed E-state index contributed by atoms with van der Waals surface area (Å²) < 4.78 is 6.24. The van der Waals surface area contributed by atoms with Crippen molar-refractivity contribution in [2.24, 2.45) is 5.41 Å². The molecule has 2 fully saturated rings. The van der Waals surface area contributed by atoms with E-state index >= 15 is 0 Å². The van der Waals surface area contributed by atoms with Crippen LogP contribution in [0, 0.1) is 5.41 Å². The van der Waals surface area contributed by atoms with Crippen molar-refractivity contribution in [3.8, 4) is 5.75 Å². The summed E-state index contributed by atoms with van der Waals surface area (Å²) in [5.41, 5.74) is 2.28. The molecule has 1 saturated carbocycles. The second-order valence-electron chi connectivity index (χ2n) is 12.8. The van der Waals surface area contributed by atoms with Crippen molar-refractivity contribution < 1.29 is 9.53 Å². The van der Waals surface area contributed by atoms with Crippen molar-refractivity contribution in [1.29, 1.82) is 0 Å². The summed E-state index contributed by atoms with van der Waals surface area (Å²) in [6.07, 6.45) is 8.85. The minimum atomic E-state index is -0.513. The van der Waals surface area contributed by atoms with Gasteiger partial charge in [0.15, 0.2) is 5.82 Å². The van der Waals surface area contributed by atoms with Gasteiger partial charge >= 0.3 is 0 Å². The predicted octanol–water partition coefficient (Wildman–Crippen LogP) is 4.94. The molecule has 3 aliphatic rings. The maximum atomic E-state index is 13.3. The highest BCUT2D eigenvalue weighted by Crippen LogP contribution is 2.40. The number of carbonyl (C=O) groups excluding carboxylic acids is 1. The molecule has 9 heteroatoms. The van der Waals surface area contributed by atoms with Crippen molar-refractivity contribution in [2.75, 3.05) is 48.8 Å². The van der Waals surface area contributed by atoms with Gasteiger partial charge in [0.1, 0.15) is 11.4 Å². The number of amides is 1. The molecule has 0 atom stereocenters. The summed E-state index contributed by atoms with van der Waals surface area (Å²) >= 11 is 0. The molecule has 2 aromatic rings. The van der Waals surface area contributed by atoms with E-state index in [1.54, 1.807) is 11.1 Å². The lowest BCUT2D eigenvalue weighted by atomic mass is 9.91. The molecule has 1 aromatic carbocycles. The molecule has 2 N–H and O–H groups in total. The quantitative estimate of drug-likeness (QED) is 0.479. The van der Waals surface area contributed by atoms with Gasteiger partial charge in [0.2, 0.25) is 11.9 Å². The lowest BCUT2D eigenvalue weighted by molar-refractivity contribution is -0.125. The molecule has 218 valence electrons. The predicted molar refractivity (Wildman–Crippen MR) is 162 cm³/mol. The molecule has 2 aliphatic heterocycles. The summed E-state index contributed by atoms with van der Waals surface area (Å²) in [7, 11) is 4.03. The van der Waals surface area contributed by atoms with E-state index in [1.807, 2.05) is 34.7 Å². The molecule has 0 spiro atoms. The summed E-state index contributed by atoms with van der Waals surface area (Å²) in [5.74, 6) is 2.22. The van der Waals surface area contributed by atoms with Crippen LogP contribution in [-0.2, 0) is 11.3 Å². The average molecular weight is 550 g/mol. The van der Waals surface area contributed by atoms with Crippen molar-refractivity contribution in [3.05, 3.63) is 30.0 Å². The van der Waals surface area contributed by atoms with Crippen LogP contribution in [0.3, 0.4) is 0 Å². The van der Waals surface area contributed by atoms with Gasteiger partial charge in [-0.1, -0.05) is 18.9 Å². The maximum absolute atomic E-state index is 13.3. The van der Waals surface area contributed by atoms with Crippen LogP contribution in [0.25, 0.3) is 0 Å². The number of aromatic nitrogens is 2. The van der Waals surface area contributed by atoms with E-state index in [1.165, 1.54) is 31.2 Å². The Hall–Kier alpha value is -2.91. The summed E-state index contributed by atoms with van der Waals surface area (Å²) in [6, 6.07) is 7.26. The van der Waals surface area contributed by atoms with E-state index in [0.717, 1.165) is 55.4 Å². The van der Waals surface area contributed by atoms with Gasteiger partial charge in [0.05, 0.1) is 23.4 Å². The number of nitrogens with one attached hydrogen (secondary N) is 2. The molecular formula is C31H47N7O2. The Morgan fingerprint density at radius 3 is 2.52 bits per heavy atom. The fourth-order valence-electron chi connectivity index (χ4n) is 6.25. The van der Waals surface area contributed by atoms with Crippen LogP contribution in [0.2, 0.25) is 0 Å². The first-order valence-electron chi connectivity index (χ1n) is 15.0. The summed E-state index contributed by atoms with van der Waals surface area (Å²) in [5, 5.41) is 7.17. The van der Waals surface area contributed by atoms with Crippen LogP contribution in [0.15, 0.2) is 24.4 Å². The lowest BCUT2D eigenvalue weighted by Gasteiger charge is -2.34. The molecule has 40 heavy (non-hydrogen) atoms. The molecule has 0 unspecified atom stereocenters. The normalized spacial score (nSPS) is 20.6. The zero-order chi connectivity index (χ0) is 28.4. The first-order valence-corrected chi connectivity index (χ1v) is 15.0. The molecule has 1 saturated heterocycles. The van der Waals surface area contributed by atoms with Gasteiger partial charge in [-0.2, -0.15) is 4.98 Å². The van der Waals surface area contributed by atoms with Gasteiger partial charge in [0, 0.05) is 32.2 Å². The van der Waals surface area contributed by atoms with E-state index in [-0.39, 0.29) is 12.0 Å². The number of benzene rings is 1. The van der Waals surface area contributed by atoms with Crippen molar-refractivity contribution in [2.45, 2.75) is 91.0 Å². The number of anilines is 4. The second kappa shape index (κ2) is 11.9. The Balaban J connectivity index is 1.39. The number of hydrogen-bond acceptors (Lipinski definition) is 8. The Morgan fingerprint density at radius 2 is 1.82 bits per heavy atom. The van der Waals surface area contributed by atoms with E-state index in [9.17, 15) is 4.79 Å². The van der Waals surface area contributed by atoms with Crippen molar-refractivity contribution >= 4 is 29.0 Å². The van der Waals surface area contributed by atoms with Gasteiger partial charge in [-0.05, 0) is 91.2 Å². The van der Waals surface area contributed by atoms with Gasteiger partial charge in [-0.3, -0.25) is 4.79 Å². The van der Waals surface area contributed by atoms with Crippen LogP contribution < -0.4 is 25.2 Å². The van der Waals surface area contributed by atoms with Crippen LogP contribution in [-0.4, -0.2) is 72.7 Å². The molecule has 1 amide bonds. The second-order valence-corrected chi connectivity index (χ2v) is 12.8. The van der Waals surface area contributed by atoms with Gasteiger partial charge < -0.3 is 30.1 Å². The first-order chi connectivity index (χ1) is 19.1. The summed E-state index contributed by atoms with van der Waals surface area (Å²) in [6.45, 7) is 11.9. The van der Waals surface area contributed by atoms with Crippen molar-refractivity contribution in [3.63, 3.8) is 0 Å². The molecule has 1 aliphatic carbocycles. The van der Waals surface area contributed by atoms with Gasteiger partial charge in [-0.25, -0.2) is 4.98 Å². The maximum Gasteiger partial charge on any atom is 0.234 e. The van der Waals surface area contributed by atoms with E-state index in [0.29, 0.717) is 24.6 Å². The fraction of sp³-hybridized carbons (Fsp3) is 0.645. The topological polar surface area (TPSA) is 85.9 Å². The monoisotopic (exact) mass is 549 g/mol. The molecule has 5 rings (SSSR count). The third-order valence-electron chi connectivity index (χ3n) is 8.57. The van der Waals surface area contributed by atoms with Crippen LogP contribution in [0.5, 0.6) is 5.75 Å². The third-order valence-corrected chi connectivity index (χ3v) is 8.57. The van der Waals surface area contributed by atoms with Gasteiger partial charge in [0.25, 0.3) is 0 Å². The van der Waals surface area contributed by atoms with Crippen LogP contribution >= 0.6 is 0 Å². The molecule has 1 aromatic heterocycles. The highest BCUT2D eigenvalue weighted by Gasteiger charge is 2.41. The van der Waals surface area contributed by atoms with E-state index in [4.69, 9.17) is 9.72 Å². The van der Waals surface area contributed by atoms with Gasteiger partial charge in [-0.15, -0.1) is 0 Å². The minimum Gasteiger partial charge on any atom is -0.489 e. The largest absolute Gasteiger partial charge is 0.489 e. The number of carbonyl (C=O) groups is 1. The Morgan fingerprint density at radius 1 is 1.10 bits per heavy atom. The highest BCUT2D eigenvalue weighted by molar-refractivity contribution is 6.00. The molecule has 0 bridgehead atoms. The molecular weight excluding hydrogens is 502 g/mol. The van der Waals surface area contributed by atoms with E-state index < -0.39 is 5.41 Å². The van der Waals surface area contributed by atoms with Crippen molar-refractivity contribution in [1.82, 2.24) is 20.2 Å². The minimum absolute atomic E-state index is 0.0327. The molecule has 3 heterocycles. The highest BCUT2D eigenvalue weighted by atomic mass is 16.5. The standard InChI is InChI=1S/C31H47N7O2/c1-21(2)40-27-17-22(18-32-23-13-15-36(5)16-14-23)11-12-25(27)34-30-33-19-26-28(35-30)38(24-9-7-8-10-24)20-31(3,4)29(39)37(26)6/h11-12,17,19,21,23-24,32H,7-10,13-16,18,20H2,1-6H3,(H,33,34,35). The first kappa shape index (κ1) is 28.6. The van der Waals surface area contributed by atoms with Crippen LogP contribution in [0.1, 0.15) is 71.8 Å². The number of rotatable bonds is 8. The molecule has 0 radical (unpaired) electrons. The number of ether oxygens (including phenoxy) is 1.